The van der Waals surface area contributed by atoms with Crippen LogP contribution in [0.3, 0.4) is 0 Å². The average Bonchev–Trinajstić information content (AvgIpc) is 2.28. The Balaban J connectivity index is 3.16. The first-order valence-corrected chi connectivity index (χ1v) is 6.34. The highest BCUT2D eigenvalue weighted by Crippen LogP contribution is 2.28. The van der Waals surface area contributed by atoms with Gasteiger partial charge >= 0.3 is 0 Å². The molecule has 1 aromatic carbocycles. The summed E-state index contributed by atoms with van der Waals surface area (Å²) in [6.07, 6.45) is 0. The summed E-state index contributed by atoms with van der Waals surface area (Å²) in [5.74, 6) is 0.541. The van der Waals surface area contributed by atoms with Crippen LogP contribution in [0.4, 0.5) is 0 Å². The molecule has 0 radical (unpaired) electrons. The molecule has 0 bridgehead atoms. The van der Waals surface area contributed by atoms with Crippen LogP contribution < -0.4 is 11.1 Å². The maximum atomic E-state index is 6.39. The van der Waals surface area contributed by atoms with E-state index >= 15 is 0 Å². The van der Waals surface area contributed by atoms with Crippen LogP contribution in [-0.4, -0.2) is 12.6 Å². The highest BCUT2D eigenvalue weighted by atomic mass is 15.0. The molecule has 0 aliphatic rings. The Bertz CT molecular complexity index is 381. The molecule has 0 amide bonds. The van der Waals surface area contributed by atoms with Crippen LogP contribution in [0.15, 0.2) is 18.2 Å². The smallest absolute Gasteiger partial charge is 0.0477 e. The van der Waals surface area contributed by atoms with E-state index in [0.29, 0.717) is 5.92 Å². The molecule has 3 N–H and O–H groups in total. The van der Waals surface area contributed by atoms with Crippen molar-refractivity contribution in [1.29, 1.82) is 0 Å². The van der Waals surface area contributed by atoms with E-state index in [1.165, 1.54) is 16.7 Å². The van der Waals surface area contributed by atoms with Gasteiger partial charge in [-0.2, -0.15) is 0 Å². The standard InChI is InChI=1S/C15H26N2/c1-10(2)12-8-7-11(3)13(9-12)14(16)15(4,5)17-6/h7-10,14,17H,16H2,1-6H3. The van der Waals surface area contributed by atoms with Crippen molar-refractivity contribution in [3.63, 3.8) is 0 Å². The lowest BCUT2D eigenvalue weighted by atomic mass is 9.85. The Kier molecular flexibility index (Phi) is 4.34. The second-order valence-corrected chi connectivity index (χ2v) is 5.72. The second-order valence-electron chi connectivity index (χ2n) is 5.72. The van der Waals surface area contributed by atoms with Crippen molar-refractivity contribution in [2.24, 2.45) is 5.73 Å². The summed E-state index contributed by atoms with van der Waals surface area (Å²) < 4.78 is 0. The molecule has 0 saturated carbocycles. The van der Waals surface area contributed by atoms with Gasteiger partial charge in [-0.3, -0.25) is 0 Å². The first-order chi connectivity index (χ1) is 7.79. The molecular weight excluding hydrogens is 208 g/mol. The normalized spacial score (nSPS) is 14.1. The molecule has 0 saturated heterocycles. The van der Waals surface area contributed by atoms with E-state index in [9.17, 15) is 0 Å². The molecule has 0 aliphatic heterocycles. The lowest BCUT2D eigenvalue weighted by Crippen LogP contribution is -2.46. The number of hydrogen-bond acceptors (Lipinski definition) is 2. The highest BCUT2D eigenvalue weighted by molar-refractivity contribution is 5.36. The van der Waals surface area contributed by atoms with E-state index in [0.717, 1.165) is 0 Å². The lowest BCUT2D eigenvalue weighted by Gasteiger charge is -2.33. The van der Waals surface area contributed by atoms with Crippen LogP contribution in [-0.2, 0) is 0 Å². The fraction of sp³-hybridized carbons (Fsp3) is 0.600. The number of nitrogens with one attached hydrogen (secondary N) is 1. The zero-order valence-electron chi connectivity index (χ0n) is 12.0. The van der Waals surface area contributed by atoms with Crippen LogP contribution in [0.5, 0.6) is 0 Å². The van der Waals surface area contributed by atoms with Crippen molar-refractivity contribution >= 4 is 0 Å². The van der Waals surface area contributed by atoms with Gasteiger partial charge in [-0.25, -0.2) is 0 Å². The van der Waals surface area contributed by atoms with E-state index in [1.807, 2.05) is 7.05 Å². The summed E-state index contributed by atoms with van der Waals surface area (Å²) in [5.41, 5.74) is 10.2. The van der Waals surface area contributed by atoms with Crippen molar-refractivity contribution in [1.82, 2.24) is 5.32 Å². The molecule has 0 spiro atoms. The molecule has 0 heterocycles. The third kappa shape index (κ3) is 3.08. The Labute approximate surface area is 106 Å². The Morgan fingerprint density at radius 1 is 1.24 bits per heavy atom. The molecule has 1 aromatic rings. The molecule has 96 valence electrons. The maximum Gasteiger partial charge on any atom is 0.0477 e. The number of hydrogen-bond donors (Lipinski definition) is 2. The molecule has 2 nitrogen and oxygen atoms in total. The minimum atomic E-state index is -0.0969. The maximum absolute atomic E-state index is 6.39. The Morgan fingerprint density at radius 3 is 2.29 bits per heavy atom. The van der Waals surface area contributed by atoms with Crippen LogP contribution in [0, 0.1) is 6.92 Å². The highest BCUT2D eigenvalue weighted by Gasteiger charge is 2.27. The van der Waals surface area contributed by atoms with Crippen molar-refractivity contribution in [2.45, 2.75) is 52.1 Å². The van der Waals surface area contributed by atoms with Crippen molar-refractivity contribution in [3.05, 3.63) is 34.9 Å². The fourth-order valence-corrected chi connectivity index (χ4v) is 1.90. The molecule has 1 unspecified atom stereocenters. The molecule has 0 aromatic heterocycles. The average molecular weight is 234 g/mol. The third-order valence-corrected chi connectivity index (χ3v) is 3.73. The van der Waals surface area contributed by atoms with Gasteiger partial charge in [-0.1, -0.05) is 32.0 Å². The molecule has 1 atom stereocenters. The van der Waals surface area contributed by atoms with Crippen molar-refractivity contribution < 1.29 is 0 Å². The van der Waals surface area contributed by atoms with Gasteiger partial charge in [-0.05, 0) is 50.4 Å². The third-order valence-electron chi connectivity index (χ3n) is 3.73. The summed E-state index contributed by atoms with van der Waals surface area (Å²) >= 11 is 0. The Morgan fingerprint density at radius 2 is 1.82 bits per heavy atom. The van der Waals surface area contributed by atoms with E-state index in [-0.39, 0.29) is 11.6 Å². The largest absolute Gasteiger partial charge is 0.322 e. The van der Waals surface area contributed by atoms with E-state index < -0.39 is 0 Å². The number of likely N-dealkylation sites (N-methyl/N-ethyl adjacent to an activating group) is 1. The zero-order valence-corrected chi connectivity index (χ0v) is 12.0. The second kappa shape index (κ2) is 5.19. The fourth-order valence-electron chi connectivity index (χ4n) is 1.90. The SMILES string of the molecule is CNC(C)(C)C(N)c1cc(C(C)C)ccc1C. The molecule has 0 fully saturated rings. The Hall–Kier alpha value is -0.860. The van der Waals surface area contributed by atoms with Crippen molar-refractivity contribution in [2.75, 3.05) is 7.05 Å². The predicted octanol–water partition coefficient (Wildman–Crippen LogP) is 3.12. The zero-order chi connectivity index (χ0) is 13.2. The number of rotatable bonds is 4. The topological polar surface area (TPSA) is 38.0 Å². The van der Waals surface area contributed by atoms with Crippen LogP contribution >= 0.6 is 0 Å². The van der Waals surface area contributed by atoms with Gasteiger partial charge in [0, 0.05) is 11.6 Å². The van der Waals surface area contributed by atoms with Gasteiger partial charge in [0.15, 0.2) is 0 Å². The van der Waals surface area contributed by atoms with E-state index in [2.05, 4.69) is 58.1 Å². The summed E-state index contributed by atoms with van der Waals surface area (Å²) in [7, 11) is 1.96. The van der Waals surface area contributed by atoms with E-state index in [4.69, 9.17) is 5.73 Å². The molecule has 17 heavy (non-hydrogen) atoms. The van der Waals surface area contributed by atoms with Gasteiger partial charge < -0.3 is 11.1 Å². The van der Waals surface area contributed by atoms with Crippen molar-refractivity contribution in [3.8, 4) is 0 Å². The molecule has 2 heteroatoms. The molecule has 0 aliphatic carbocycles. The van der Waals surface area contributed by atoms with Gasteiger partial charge in [0.25, 0.3) is 0 Å². The predicted molar refractivity (Wildman–Crippen MR) is 75.3 cm³/mol. The lowest BCUT2D eigenvalue weighted by molar-refractivity contribution is 0.347. The molecular formula is C15H26N2. The minimum Gasteiger partial charge on any atom is -0.322 e. The first kappa shape index (κ1) is 14.2. The van der Waals surface area contributed by atoms with Gasteiger partial charge in [0.05, 0.1) is 0 Å². The summed E-state index contributed by atoms with van der Waals surface area (Å²) in [5, 5.41) is 3.29. The van der Waals surface area contributed by atoms with Gasteiger partial charge in [0.2, 0.25) is 0 Å². The van der Waals surface area contributed by atoms with Crippen LogP contribution in [0.25, 0.3) is 0 Å². The summed E-state index contributed by atoms with van der Waals surface area (Å²) in [6.45, 7) is 10.8. The summed E-state index contributed by atoms with van der Waals surface area (Å²) in [6, 6.07) is 6.63. The first-order valence-electron chi connectivity index (χ1n) is 6.34. The molecule has 1 rings (SSSR count). The monoisotopic (exact) mass is 234 g/mol. The minimum absolute atomic E-state index is 0.00574. The van der Waals surface area contributed by atoms with Gasteiger partial charge in [0.1, 0.15) is 0 Å². The number of nitrogens with two attached hydrogens (primary N) is 1. The number of aryl methyl sites for hydroxylation is 1. The van der Waals surface area contributed by atoms with Crippen LogP contribution in [0.1, 0.15) is 56.3 Å². The quantitative estimate of drug-likeness (QED) is 0.840. The van der Waals surface area contributed by atoms with Crippen LogP contribution in [0.2, 0.25) is 0 Å². The number of benzene rings is 1. The summed E-state index contributed by atoms with van der Waals surface area (Å²) in [4.78, 5) is 0. The van der Waals surface area contributed by atoms with E-state index in [1.54, 1.807) is 0 Å². The van der Waals surface area contributed by atoms with Gasteiger partial charge in [-0.15, -0.1) is 0 Å².